The normalized spacial score (nSPS) is 15.5. The summed E-state index contributed by atoms with van der Waals surface area (Å²) >= 11 is 0. The molecule has 0 unspecified atom stereocenters. The molecule has 0 bridgehead atoms. The highest BCUT2D eigenvalue weighted by molar-refractivity contribution is 7.89. The van der Waals surface area contributed by atoms with Crippen LogP contribution in [0.25, 0.3) is 0 Å². The molecule has 7 heteroatoms. The van der Waals surface area contributed by atoms with E-state index in [9.17, 15) is 13.2 Å². The van der Waals surface area contributed by atoms with Crippen molar-refractivity contribution in [2.45, 2.75) is 38.0 Å². The lowest BCUT2D eigenvalue weighted by molar-refractivity contribution is 0.0954. The first-order valence-electron chi connectivity index (χ1n) is 9.52. The predicted molar refractivity (Wildman–Crippen MR) is 110 cm³/mol. The monoisotopic (exact) mass is 399 g/mol. The summed E-state index contributed by atoms with van der Waals surface area (Å²) in [5.74, 6) is -0.424. The molecule has 6 nitrogen and oxygen atoms in total. The van der Waals surface area contributed by atoms with Crippen molar-refractivity contribution in [1.82, 2.24) is 9.73 Å². The van der Waals surface area contributed by atoms with Crippen LogP contribution in [-0.4, -0.2) is 37.4 Å². The van der Waals surface area contributed by atoms with Crippen molar-refractivity contribution >= 4 is 21.6 Å². The first kappa shape index (κ1) is 20.2. The highest BCUT2D eigenvalue weighted by atomic mass is 32.2. The summed E-state index contributed by atoms with van der Waals surface area (Å²) in [6.45, 7) is 4.33. The third-order valence-electron chi connectivity index (χ3n) is 4.92. The molecule has 2 aromatic rings. The van der Waals surface area contributed by atoms with E-state index in [0.717, 1.165) is 30.5 Å². The van der Waals surface area contributed by atoms with Gasteiger partial charge in [0, 0.05) is 24.2 Å². The Bertz CT molecular complexity index is 995. The minimum absolute atomic E-state index is 0.111. The Morgan fingerprint density at radius 3 is 2.57 bits per heavy atom. The lowest BCUT2D eigenvalue weighted by Crippen LogP contribution is -2.31. The molecule has 0 saturated carbocycles. The van der Waals surface area contributed by atoms with Gasteiger partial charge in [0.05, 0.1) is 10.6 Å². The van der Waals surface area contributed by atoms with E-state index in [0.29, 0.717) is 13.1 Å². The van der Waals surface area contributed by atoms with Crippen LogP contribution >= 0.6 is 0 Å². The number of amides is 1. The SMILES string of the molecule is CCN(CC)S(=O)(=O)c1cccc(C(=O)N/N=C2\CCCc3ccccc32)c1. The van der Waals surface area contributed by atoms with Gasteiger partial charge in [-0.1, -0.05) is 44.2 Å². The molecule has 3 rings (SSSR count). The molecule has 0 atom stereocenters. The number of carbonyl (C=O) groups excluding carboxylic acids is 1. The molecule has 0 heterocycles. The van der Waals surface area contributed by atoms with Gasteiger partial charge in [0.1, 0.15) is 0 Å². The van der Waals surface area contributed by atoms with Crippen molar-refractivity contribution < 1.29 is 13.2 Å². The summed E-state index contributed by atoms with van der Waals surface area (Å²) in [4.78, 5) is 12.7. The van der Waals surface area contributed by atoms with Crippen molar-refractivity contribution in [3.8, 4) is 0 Å². The number of hydrogen-bond donors (Lipinski definition) is 1. The highest BCUT2D eigenvalue weighted by Crippen LogP contribution is 2.21. The Hall–Kier alpha value is -2.51. The molecule has 148 valence electrons. The summed E-state index contributed by atoms with van der Waals surface area (Å²) in [5, 5.41) is 4.32. The maximum absolute atomic E-state index is 12.7. The van der Waals surface area contributed by atoms with Gasteiger partial charge in [-0.15, -0.1) is 0 Å². The average Bonchev–Trinajstić information content (AvgIpc) is 2.72. The Morgan fingerprint density at radius 2 is 1.82 bits per heavy atom. The Balaban J connectivity index is 1.81. The maximum Gasteiger partial charge on any atom is 0.271 e. The number of rotatable bonds is 6. The maximum atomic E-state index is 12.7. The van der Waals surface area contributed by atoms with E-state index >= 15 is 0 Å². The van der Waals surface area contributed by atoms with Gasteiger partial charge in [-0.05, 0) is 43.0 Å². The van der Waals surface area contributed by atoms with E-state index in [-0.39, 0.29) is 10.5 Å². The number of nitrogens with zero attached hydrogens (tertiary/aromatic N) is 2. The number of hydrazone groups is 1. The van der Waals surface area contributed by atoms with Gasteiger partial charge in [0.2, 0.25) is 10.0 Å². The fraction of sp³-hybridized carbons (Fsp3) is 0.333. The fourth-order valence-corrected chi connectivity index (χ4v) is 4.91. The largest absolute Gasteiger partial charge is 0.271 e. The number of carbonyl (C=O) groups is 1. The topological polar surface area (TPSA) is 78.8 Å². The molecule has 28 heavy (non-hydrogen) atoms. The molecule has 1 N–H and O–H groups in total. The zero-order valence-corrected chi connectivity index (χ0v) is 17.0. The van der Waals surface area contributed by atoms with Gasteiger partial charge in [0.25, 0.3) is 5.91 Å². The van der Waals surface area contributed by atoms with E-state index < -0.39 is 15.9 Å². The van der Waals surface area contributed by atoms with Gasteiger partial charge < -0.3 is 0 Å². The van der Waals surface area contributed by atoms with Gasteiger partial charge >= 0.3 is 0 Å². The van der Waals surface area contributed by atoms with Crippen LogP contribution in [0.1, 0.15) is 48.2 Å². The molecule has 0 aromatic heterocycles. The summed E-state index contributed by atoms with van der Waals surface area (Å²) in [6.07, 6.45) is 2.80. The molecule has 2 aromatic carbocycles. The lowest BCUT2D eigenvalue weighted by Gasteiger charge is -2.19. The van der Waals surface area contributed by atoms with Crippen molar-refractivity contribution in [3.63, 3.8) is 0 Å². The standard InChI is InChI=1S/C21H25N3O3S/c1-3-24(4-2)28(26,27)18-12-7-11-17(15-18)21(25)23-22-20-14-8-10-16-9-5-6-13-19(16)20/h5-7,9,11-13,15H,3-4,8,10,14H2,1-2H3,(H,23,25)/b22-20+. The quantitative estimate of drug-likeness (QED) is 0.758. The van der Waals surface area contributed by atoms with Crippen molar-refractivity contribution in [2.24, 2.45) is 5.10 Å². The summed E-state index contributed by atoms with van der Waals surface area (Å²) in [7, 11) is -3.62. The van der Waals surface area contributed by atoms with E-state index in [1.54, 1.807) is 26.0 Å². The average molecular weight is 400 g/mol. The predicted octanol–water partition coefficient (Wildman–Crippen LogP) is 3.19. The first-order valence-corrected chi connectivity index (χ1v) is 11.0. The third-order valence-corrected chi connectivity index (χ3v) is 6.97. The summed E-state index contributed by atoms with van der Waals surface area (Å²) in [5.41, 5.74) is 5.99. The van der Waals surface area contributed by atoms with E-state index in [2.05, 4.69) is 16.6 Å². The van der Waals surface area contributed by atoms with Gasteiger partial charge in [0.15, 0.2) is 0 Å². The van der Waals surface area contributed by atoms with Crippen LogP contribution in [0, 0.1) is 0 Å². The molecule has 1 amide bonds. The molecule has 1 aliphatic carbocycles. The third kappa shape index (κ3) is 4.15. The Labute approximate surface area is 166 Å². The van der Waals surface area contributed by atoms with E-state index in [1.807, 2.05) is 18.2 Å². The van der Waals surface area contributed by atoms with Crippen LogP contribution in [0.15, 0.2) is 58.5 Å². The molecule has 0 fully saturated rings. The molecule has 0 saturated heterocycles. The molecule has 0 radical (unpaired) electrons. The lowest BCUT2D eigenvalue weighted by atomic mass is 9.90. The van der Waals surface area contributed by atoms with Gasteiger partial charge in [-0.3, -0.25) is 4.79 Å². The van der Waals surface area contributed by atoms with Gasteiger partial charge in [-0.2, -0.15) is 9.41 Å². The number of nitrogens with one attached hydrogen (secondary N) is 1. The van der Waals surface area contributed by atoms with Crippen molar-refractivity contribution in [2.75, 3.05) is 13.1 Å². The van der Waals surface area contributed by atoms with Crippen molar-refractivity contribution in [1.29, 1.82) is 0 Å². The second-order valence-electron chi connectivity index (χ2n) is 6.63. The zero-order chi connectivity index (χ0) is 20.1. The second-order valence-corrected chi connectivity index (χ2v) is 8.57. The minimum Gasteiger partial charge on any atom is -0.267 e. The zero-order valence-electron chi connectivity index (χ0n) is 16.2. The fourth-order valence-electron chi connectivity index (χ4n) is 3.41. The number of hydrogen-bond acceptors (Lipinski definition) is 4. The smallest absolute Gasteiger partial charge is 0.267 e. The van der Waals surface area contributed by atoms with Crippen LogP contribution in [0.3, 0.4) is 0 Å². The van der Waals surface area contributed by atoms with Crippen molar-refractivity contribution in [3.05, 3.63) is 65.2 Å². The van der Waals surface area contributed by atoms with Crippen LogP contribution in [0.2, 0.25) is 0 Å². The molecule has 1 aliphatic rings. The van der Waals surface area contributed by atoms with Crippen LogP contribution < -0.4 is 5.43 Å². The molecular weight excluding hydrogens is 374 g/mol. The summed E-state index contributed by atoms with van der Waals surface area (Å²) < 4.78 is 26.7. The Kier molecular flexibility index (Phi) is 6.26. The van der Waals surface area contributed by atoms with Crippen LogP contribution in [-0.2, 0) is 16.4 Å². The number of sulfonamides is 1. The van der Waals surface area contributed by atoms with Crippen LogP contribution in [0.4, 0.5) is 0 Å². The number of aryl methyl sites for hydroxylation is 1. The molecule has 0 aliphatic heterocycles. The summed E-state index contributed by atoms with van der Waals surface area (Å²) in [6, 6.07) is 14.1. The van der Waals surface area contributed by atoms with Gasteiger partial charge in [-0.25, -0.2) is 13.8 Å². The minimum atomic E-state index is -3.62. The number of fused-ring (bicyclic) bond motifs is 1. The number of benzene rings is 2. The van der Waals surface area contributed by atoms with Crippen LogP contribution in [0.5, 0.6) is 0 Å². The first-order chi connectivity index (χ1) is 13.5. The second kappa shape index (κ2) is 8.67. The van der Waals surface area contributed by atoms with E-state index in [1.165, 1.54) is 22.0 Å². The van der Waals surface area contributed by atoms with E-state index in [4.69, 9.17) is 0 Å². The highest BCUT2D eigenvalue weighted by Gasteiger charge is 2.22. The Morgan fingerprint density at radius 1 is 1.07 bits per heavy atom. The molecular formula is C21H25N3O3S. The molecule has 0 spiro atoms.